The van der Waals surface area contributed by atoms with Crippen LogP contribution in [0.15, 0.2) is 30.0 Å². The minimum Gasteiger partial charge on any atom is -0.496 e. The summed E-state index contributed by atoms with van der Waals surface area (Å²) in [4.78, 5) is 44.8. The van der Waals surface area contributed by atoms with Crippen LogP contribution in [0.4, 0.5) is 11.4 Å². The first kappa shape index (κ1) is 16.4. The Balaban J connectivity index is 2.20. The summed E-state index contributed by atoms with van der Waals surface area (Å²) in [7, 11) is 2.31. The van der Waals surface area contributed by atoms with E-state index in [1.54, 1.807) is 0 Å². The summed E-state index contributed by atoms with van der Waals surface area (Å²) in [5.74, 6) is 0.288. The van der Waals surface area contributed by atoms with E-state index in [9.17, 15) is 14.6 Å². The van der Waals surface area contributed by atoms with E-state index in [2.05, 4.69) is 15.0 Å². The average Bonchev–Trinajstić information content (AvgIpc) is 3.11. The minimum absolute atomic E-state index is 0.0808. The van der Waals surface area contributed by atoms with Crippen molar-refractivity contribution in [2.45, 2.75) is 6.42 Å². The minimum atomic E-state index is -0.409. The van der Waals surface area contributed by atoms with E-state index < -0.39 is 5.91 Å². The number of hydrogen-bond acceptors (Lipinski definition) is 6. The highest BCUT2D eigenvalue weighted by molar-refractivity contribution is 5.95. The van der Waals surface area contributed by atoms with E-state index in [1.165, 1.54) is 18.2 Å². The molecule has 1 heterocycles. The third kappa shape index (κ3) is 3.82. The lowest BCUT2D eigenvalue weighted by Crippen LogP contribution is -2.26. The van der Waals surface area contributed by atoms with E-state index in [-0.39, 0.29) is 33.3 Å². The van der Waals surface area contributed by atoms with Gasteiger partial charge in [-0.25, -0.2) is 9.68 Å². The van der Waals surface area contributed by atoms with E-state index in [4.69, 9.17) is 4.74 Å². The van der Waals surface area contributed by atoms with Gasteiger partial charge in [0.1, 0.15) is 5.76 Å². The zero-order chi connectivity index (χ0) is 16.8. The van der Waals surface area contributed by atoms with Gasteiger partial charge in [0.05, 0.1) is 23.0 Å². The van der Waals surface area contributed by atoms with Crippen LogP contribution in [0.3, 0.4) is 0 Å². The highest BCUT2D eigenvalue weighted by Crippen LogP contribution is 2.28. The summed E-state index contributed by atoms with van der Waals surface area (Å²) in [6.07, 6.45) is 2.71. The van der Waals surface area contributed by atoms with Crippen molar-refractivity contribution in [3.05, 3.63) is 45.4 Å². The first-order chi connectivity index (χ1) is 11.1. The van der Waals surface area contributed by atoms with Crippen LogP contribution < -0.4 is 5.32 Å². The van der Waals surface area contributed by atoms with Gasteiger partial charge in [-0.2, -0.15) is 0 Å². The molecule has 0 radical (unpaired) electrons. The van der Waals surface area contributed by atoms with Crippen molar-refractivity contribution < 1.29 is 29.1 Å². The van der Waals surface area contributed by atoms with Crippen LogP contribution in [-0.2, 0) is 14.4 Å². The molecule has 1 amide bonds. The van der Waals surface area contributed by atoms with Crippen LogP contribution in [-0.4, -0.2) is 43.1 Å². The number of nitrogens with zero attached hydrogens (tertiary/aromatic N) is 2. The number of hydrogen-bond donors (Lipinski definition) is 1. The predicted molar refractivity (Wildman–Crippen MR) is 78.0 cm³/mol. The van der Waals surface area contributed by atoms with Crippen LogP contribution in [0, 0.1) is 9.81 Å². The lowest BCUT2D eigenvalue weighted by molar-refractivity contribution is -0.761. The summed E-state index contributed by atoms with van der Waals surface area (Å²) in [6, 6.07) is 3.95. The molecule has 122 valence electrons. The zero-order valence-corrected chi connectivity index (χ0v) is 12.8. The Hall–Kier alpha value is -2.97. The van der Waals surface area contributed by atoms with Gasteiger partial charge in [0.25, 0.3) is 15.8 Å². The Kier molecular flexibility index (Phi) is 5.23. The Morgan fingerprint density at radius 3 is 2.52 bits per heavy atom. The summed E-state index contributed by atoms with van der Waals surface area (Å²) in [5, 5.41) is 2.67. The van der Waals surface area contributed by atoms with Gasteiger partial charge in [-0.05, 0) is 12.1 Å². The first-order valence-electron chi connectivity index (χ1n) is 6.83. The topological polar surface area (TPSA) is 97.0 Å². The van der Waals surface area contributed by atoms with Crippen molar-refractivity contribution in [1.82, 2.24) is 5.32 Å². The molecule has 1 aromatic carbocycles. The third-order valence-electron chi connectivity index (χ3n) is 3.16. The van der Waals surface area contributed by atoms with Gasteiger partial charge in [-0.3, -0.25) is 4.79 Å². The molecule has 1 aliphatic heterocycles. The molecule has 23 heavy (non-hydrogen) atoms. The van der Waals surface area contributed by atoms with Gasteiger partial charge in [-0.1, -0.05) is 0 Å². The molecule has 9 nitrogen and oxygen atoms in total. The molecule has 0 aliphatic carbocycles. The number of nitrogens with one attached hydrogen (secondary N) is 1. The summed E-state index contributed by atoms with van der Waals surface area (Å²) in [6.45, 7) is 0.867. The fourth-order valence-corrected chi connectivity index (χ4v) is 2.02. The monoisotopic (exact) mass is 323 g/mol. The first-order valence-corrected chi connectivity index (χ1v) is 6.83. The lowest BCUT2D eigenvalue weighted by Gasteiger charge is -2.06. The van der Waals surface area contributed by atoms with Gasteiger partial charge in [0.2, 0.25) is 0 Å². The van der Waals surface area contributed by atoms with Gasteiger partial charge < -0.3 is 10.1 Å². The van der Waals surface area contributed by atoms with Gasteiger partial charge >= 0.3 is 11.4 Å². The second-order valence-corrected chi connectivity index (χ2v) is 4.57. The van der Waals surface area contributed by atoms with E-state index in [0.717, 1.165) is 20.6 Å². The SMILES string of the molecule is CO[N+](=O)c1ccc(C(=O)NCC2=CCCO2)cc1[N+](=O)OC. The molecule has 0 spiro atoms. The highest BCUT2D eigenvalue weighted by atomic mass is 16.8. The zero-order valence-electron chi connectivity index (χ0n) is 12.8. The molecule has 0 bridgehead atoms. The molecule has 0 unspecified atom stereocenters. The molecule has 0 aromatic heterocycles. The van der Waals surface area contributed by atoms with Crippen molar-refractivity contribution in [3.8, 4) is 0 Å². The molecule has 2 rings (SSSR count). The van der Waals surface area contributed by atoms with Gasteiger partial charge in [-0.15, -0.1) is 0 Å². The molecule has 0 saturated heterocycles. The Morgan fingerprint density at radius 2 is 1.91 bits per heavy atom. The third-order valence-corrected chi connectivity index (χ3v) is 3.16. The average molecular weight is 323 g/mol. The predicted octanol–water partition coefficient (Wildman–Crippen LogP) is 1.66. The quantitative estimate of drug-likeness (QED) is 0.767. The van der Waals surface area contributed by atoms with Gasteiger partial charge in [0.15, 0.2) is 14.2 Å². The maximum atomic E-state index is 12.1. The van der Waals surface area contributed by atoms with Crippen molar-refractivity contribution in [3.63, 3.8) is 0 Å². The van der Waals surface area contributed by atoms with Crippen LogP contribution >= 0.6 is 0 Å². The molecular formula is C14H17N3O6+2. The Bertz CT molecular complexity index is 670. The summed E-state index contributed by atoms with van der Waals surface area (Å²) >= 11 is 0. The number of rotatable bonds is 7. The molecule has 1 aliphatic rings. The summed E-state index contributed by atoms with van der Waals surface area (Å²) < 4.78 is 5.29. The number of ether oxygens (including phenoxy) is 1. The van der Waals surface area contributed by atoms with Crippen LogP contribution in [0.1, 0.15) is 16.8 Å². The number of carbonyl (C=O) groups excluding carboxylic acids is 1. The van der Waals surface area contributed by atoms with Crippen LogP contribution in [0.5, 0.6) is 0 Å². The van der Waals surface area contributed by atoms with Crippen molar-refractivity contribution >= 4 is 17.3 Å². The van der Waals surface area contributed by atoms with E-state index >= 15 is 0 Å². The normalized spacial score (nSPS) is 12.9. The maximum Gasteiger partial charge on any atom is 0.398 e. The second-order valence-electron chi connectivity index (χ2n) is 4.57. The molecule has 0 fully saturated rings. The van der Waals surface area contributed by atoms with Gasteiger partial charge in [0, 0.05) is 24.1 Å². The fourth-order valence-electron chi connectivity index (χ4n) is 2.02. The smallest absolute Gasteiger partial charge is 0.398 e. The van der Waals surface area contributed by atoms with Crippen LogP contribution in [0.25, 0.3) is 0 Å². The molecule has 9 heteroatoms. The van der Waals surface area contributed by atoms with E-state index in [1.807, 2.05) is 6.08 Å². The van der Waals surface area contributed by atoms with Crippen molar-refractivity contribution in [1.29, 1.82) is 0 Å². The highest BCUT2D eigenvalue weighted by Gasteiger charge is 2.35. The van der Waals surface area contributed by atoms with Crippen molar-refractivity contribution in [2.75, 3.05) is 27.4 Å². The summed E-state index contributed by atoms with van der Waals surface area (Å²) in [5.41, 5.74) is -0.0270. The largest absolute Gasteiger partial charge is 0.496 e. The Labute approximate surface area is 131 Å². The lowest BCUT2D eigenvalue weighted by atomic mass is 10.1. The number of benzene rings is 1. The molecule has 1 N–H and O–H groups in total. The second kappa shape index (κ2) is 7.34. The van der Waals surface area contributed by atoms with Crippen LogP contribution in [0.2, 0.25) is 0 Å². The molecule has 0 atom stereocenters. The van der Waals surface area contributed by atoms with E-state index in [0.29, 0.717) is 12.4 Å². The number of amides is 1. The maximum absolute atomic E-state index is 12.1. The molecule has 0 saturated carbocycles. The Morgan fingerprint density at radius 1 is 1.22 bits per heavy atom. The number of carbonyl (C=O) groups is 1. The van der Waals surface area contributed by atoms with Crippen molar-refractivity contribution in [2.24, 2.45) is 0 Å². The molecular weight excluding hydrogens is 306 g/mol. The molecule has 1 aromatic rings. The standard InChI is InChI=1S/C14H16N3O6/c1-21-16(19)12-6-5-10(8-13(12)17(20)22-2)14(18)15-9-11-4-3-7-23-11/h4-6,8H,3,7,9H2,1-2H3/q+1/p+1. The fraction of sp³-hybridized carbons (Fsp3) is 0.357.